The van der Waals surface area contributed by atoms with Crippen LogP contribution in [0.2, 0.25) is 0 Å². The number of benzene rings is 2. The molecular weight excluding hydrogens is 266 g/mol. The van der Waals surface area contributed by atoms with Gasteiger partial charge in [-0.3, -0.25) is 5.10 Å². The molecule has 4 N–H and O–H groups in total. The fourth-order valence-corrected chi connectivity index (χ4v) is 2.18. The zero-order chi connectivity index (χ0) is 14.8. The first kappa shape index (κ1) is 12.8. The number of rotatable bonds is 3. The number of hydrogen-bond acceptors (Lipinski definition) is 5. The molecule has 0 saturated heterocycles. The van der Waals surface area contributed by atoms with Crippen LogP contribution in [0.4, 0.5) is 17.1 Å². The van der Waals surface area contributed by atoms with Crippen LogP contribution in [0.3, 0.4) is 0 Å². The van der Waals surface area contributed by atoms with Crippen LogP contribution in [-0.4, -0.2) is 17.3 Å². The van der Waals surface area contributed by atoms with Gasteiger partial charge in [0, 0.05) is 5.39 Å². The third-order valence-corrected chi connectivity index (χ3v) is 3.24. The second kappa shape index (κ2) is 5.06. The molecule has 0 aliphatic rings. The Hall–Kier alpha value is -3.20. The van der Waals surface area contributed by atoms with Crippen molar-refractivity contribution in [3.05, 3.63) is 42.1 Å². The van der Waals surface area contributed by atoms with E-state index in [1.54, 1.807) is 31.5 Å². The quantitative estimate of drug-likeness (QED) is 0.640. The normalized spacial score (nSPS) is 10.3. The van der Waals surface area contributed by atoms with E-state index in [-0.39, 0.29) is 0 Å². The Labute approximate surface area is 121 Å². The molecule has 0 saturated carbocycles. The first-order chi connectivity index (χ1) is 10.2. The van der Waals surface area contributed by atoms with Gasteiger partial charge in [-0.1, -0.05) is 6.07 Å². The summed E-state index contributed by atoms with van der Waals surface area (Å²) in [6, 6.07) is 11.1. The number of aromatic amines is 1. The number of nitrogens with one attached hydrogen (secondary N) is 2. The van der Waals surface area contributed by atoms with E-state index in [2.05, 4.69) is 21.6 Å². The van der Waals surface area contributed by atoms with Crippen molar-refractivity contribution in [1.29, 1.82) is 5.26 Å². The molecule has 0 bridgehead atoms. The van der Waals surface area contributed by atoms with Crippen LogP contribution in [0.25, 0.3) is 10.9 Å². The lowest BCUT2D eigenvalue weighted by Crippen LogP contribution is -2.00. The van der Waals surface area contributed by atoms with Gasteiger partial charge in [-0.15, -0.1) is 0 Å². The van der Waals surface area contributed by atoms with Crippen LogP contribution in [-0.2, 0) is 0 Å². The summed E-state index contributed by atoms with van der Waals surface area (Å²) in [5.74, 6) is 0.582. The number of nitrogens with two attached hydrogens (primary N) is 1. The summed E-state index contributed by atoms with van der Waals surface area (Å²) in [7, 11) is 1.56. The van der Waals surface area contributed by atoms with E-state index in [9.17, 15) is 5.26 Å². The van der Waals surface area contributed by atoms with E-state index in [1.165, 1.54) is 0 Å². The third kappa shape index (κ3) is 2.21. The van der Waals surface area contributed by atoms with Crippen LogP contribution in [0, 0.1) is 11.3 Å². The molecule has 104 valence electrons. The van der Waals surface area contributed by atoms with Gasteiger partial charge in [-0.05, 0) is 24.3 Å². The monoisotopic (exact) mass is 279 g/mol. The van der Waals surface area contributed by atoms with Gasteiger partial charge in [0.15, 0.2) is 0 Å². The number of fused-ring (bicyclic) bond motifs is 1. The summed E-state index contributed by atoms with van der Waals surface area (Å²) >= 11 is 0. The number of aromatic nitrogens is 2. The highest BCUT2D eigenvalue weighted by Crippen LogP contribution is 2.34. The Bertz CT molecular complexity index is 847. The molecular formula is C15H13N5O. The maximum atomic E-state index is 9.23. The predicted octanol–water partition coefficient (Wildman–Crippen LogP) is 2.77. The molecule has 1 heterocycles. The lowest BCUT2D eigenvalue weighted by molar-refractivity contribution is 0.416. The first-order valence-corrected chi connectivity index (χ1v) is 6.29. The van der Waals surface area contributed by atoms with Gasteiger partial charge in [-0.25, -0.2) is 0 Å². The Morgan fingerprint density at radius 2 is 2.24 bits per heavy atom. The molecule has 0 fully saturated rings. The highest BCUT2D eigenvalue weighted by Gasteiger charge is 2.11. The lowest BCUT2D eigenvalue weighted by atomic mass is 10.1. The second-order valence-electron chi connectivity index (χ2n) is 4.52. The third-order valence-electron chi connectivity index (χ3n) is 3.24. The van der Waals surface area contributed by atoms with E-state index in [4.69, 9.17) is 10.5 Å². The smallest absolute Gasteiger partial charge is 0.143 e. The molecule has 0 amide bonds. The van der Waals surface area contributed by atoms with Crippen molar-refractivity contribution < 1.29 is 4.74 Å². The molecule has 0 spiro atoms. The number of nitrogens with zero attached hydrogens (tertiary/aromatic N) is 2. The van der Waals surface area contributed by atoms with Crippen molar-refractivity contribution in [3.63, 3.8) is 0 Å². The summed E-state index contributed by atoms with van der Waals surface area (Å²) in [6.45, 7) is 0. The zero-order valence-corrected chi connectivity index (χ0v) is 11.3. The molecule has 3 aromatic rings. The van der Waals surface area contributed by atoms with Crippen molar-refractivity contribution in [3.8, 4) is 11.8 Å². The minimum Gasteiger partial charge on any atom is -0.495 e. The SMILES string of the molecule is COc1cccc(C#N)c1Nc1cc2[nH]ncc2cc1N. The molecule has 6 nitrogen and oxygen atoms in total. The second-order valence-corrected chi connectivity index (χ2v) is 4.52. The Morgan fingerprint density at radius 3 is 3.00 bits per heavy atom. The molecule has 1 aromatic heterocycles. The van der Waals surface area contributed by atoms with Crippen LogP contribution in [0.5, 0.6) is 5.75 Å². The summed E-state index contributed by atoms with van der Waals surface area (Å²) in [6.07, 6.45) is 1.71. The Morgan fingerprint density at radius 1 is 1.38 bits per heavy atom. The highest BCUT2D eigenvalue weighted by molar-refractivity contribution is 5.91. The van der Waals surface area contributed by atoms with E-state index in [0.717, 1.165) is 10.9 Å². The van der Waals surface area contributed by atoms with Gasteiger partial charge < -0.3 is 15.8 Å². The van der Waals surface area contributed by atoms with Gasteiger partial charge in [0.2, 0.25) is 0 Å². The number of para-hydroxylation sites is 1. The number of H-pyrrole nitrogens is 1. The number of anilines is 3. The molecule has 0 aliphatic heterocycles. The van der Waals surface area contributed by atoms with Crippen molar-refractivity contribution in [2.75, 3.05) is 18.2 Å². The minimum absolute atomic E-state index is 0.485. The highest BCUT2D eigenvalue weighted by atomic mass is 16.5. The lowest BCUT2D eigenvalue weighted by Gasteiger charge is -2.14. The molecule has 3 rings (SSSR count). The molecule has 0 aliphatic carbocycles. The number of nitriles is 1. The average molecular weight is 279 g/mol. The Kier molecular flexibility index (Phi) is 3.09. The van der Waals surface area contributed by atoms with Crippen LogP contribution >= 0.6 is 0 Å². The van der Waals surface area contributed by atoms with Gasteiger partial charge in [0.05, 0.1) is 41.4 Å². The number of hydrogen-bond donors (Lipinski definition) is 3. The van der Waals surface area contributed by atoms with Crippen molar-refractivity contribution in [2.45, 2.75) is 0 Å². The van der Waals surface area contributed by atoms with Gasteiger partial charge in [-0.2, -0.15) is 10.4 Å². The largest absolute Gasteiger partial charge is 0.495 e. The maximum Gasteiger partial charge on any atom is 0.143 e. The minimum atomic E-state index is 0.485. The van der Waals surface area contributed by atoms with Crippen molar-refractivity contribution in [2.24, 2.45) is 0 Å². The van der Waals surface area contributed by atoms with E-state index < -0.39 is 0 Å². The van der Waals surface area contributed by atoms with E-state index in [1.807, 2.05) is 12.1 Å². The number of nitrogen functional groups attached to an aromatic ring is 1. The molecule has 0 unspecified atom stereocenters. The molecule has 0 atom stereocenters. The van der Waals surface area contributed by atoms with E-state index >= 15 is 0 Å². The summed E-state index contributed by atoms with van der Waals surface area (Å²) < 4.78 is 5.30. The van der Waals surface area contributed by atoms with Crippen molar-refractivity contribution >= 4 is 28.0 Å². The fourth-order valence-electron chi connectivity index (χ4n) is 2.18. The van der Waals surface area contributed by atoms with Gasteiger partial charge in [0.1, 0.15) is 11.8 Å². The topological polar surface area (TPSA) is 99.7 Å². The van der Waals surface area contributed by atoms with Crippen LogP contribution in [0.15, 0.2) is 36.5 Å². The first-order valence-electron chi connectivity index (χ1n) is 6.29. The molecule has 21 heavy (non-hydrogen) atoms. The number of ether oxygens (including phenoxy) is 1. The molecule has 2 aromatic carbocycles. The van der Waals surface area contributed by atoms with Gasteiger partial charge >= 0.3 is 0 Å². The molecule has 6 heteroatoms. The fraction of sp³-hybridized carbons (Fsp3) is 0.0667. The van der Waals surface area contributed by atoms with Gasteiger partial charge in [0.25, 0.3) is 0 Å². The molecule has 0 radical (unpaired) electrons. The summed E-state index contributed by atoms with van der Waals surface area (Å²) in [4.78, 5) is 0. The van der Waals surface area contributed by atoms with Crippen molar-refractivity contribution in [1.82, 2.24) is 10.2 Å². The standard InChI is InChI=1S/C15H13N5O/c1-21-14-4-2-3-9(7-16)15(14)19-13-6-12-10(5-11(13)17)8-18-20-12/h2-6,8,19H,17H2,1H3,(H,18,20). The maximum absolute atomic E-state index is 9.23. The zero-order valence-electron chi connectivity index (χ0n) is 11.3. The Balaban J connectivity index is 2.10. The predicted molar refractivity (Wildman–Crippen MR) is 81.5 cm³/mol. The van der Waals surface area contributed by atoms with E-state index in [0.29, 0.717) is 28.4 Å². The summed E-state index contributed by atoms with van der Waals surface area (Å²) in [5, 5.41) is 20.2. The average Bonchev–Trinajstić information content (AvgIpc) is 2.94. The van der Waals surface area contributed by atoms with Crippen LogP contribution in [0.1, 0.15) is 5.56 Å². The summed E-state index contributed by atoms with van der Waals surface area (Å²) in [5.41, 5.74) is 9.24. The van der Waals surface area contributed by atoms with Crippen LogP contribution < -0.4 is 15.8 Å². The number of methoxy groups -OCH3 is 1.